The van der Waals surface area contributed by atoms with Gasteiger partial charge in [0.25, 0.3) is 5.91 Å². The molecule has 150 valence electrons. The number of fused-ring (bicyclic) bond motifs is 2. The van der Waals surface area contributed by atoms with Crippen LogP contribution in [0.4, 0.5) is 13.2 Å². The number of aromatic nitrogens is 3. The fourth-order valence-corrected chi connectivity index (χ4v) is 4.49. The predicted octanol–water partition coefficient (Wildman–Crippen LogP) is 3.52. The highest BCUT2D eigenvalue weighted by atomic mass is 32.1. The first kappa shape index (κ1) is 18.2. The molecule has 0 radical (unpaired) electrons. The third-order valence-electron chi connectivity index (χ3n) is 5.23. The summed E-state index contributed by atoms with van der Waals surface area (Å²) >= 11 is 1.30. The Balaban J connectivity index is 1.53. The Bertz CT molecular complexity index is 1110. The van der Waals surface area contributed by atoms with Gasteiger partial charge in [-0.3, -0.25) is 4.79 Å². The van der Waals surface area contributed by atoms with E-state index in [2.05, 4.69) is 21.1 Å². The number of alkyl halides is 3. The lowest BCUT2D eigenvalue weighted by Gasteiger charge is -2.37. The fraction of sp³-hybridized carbons (Fsp3) is 0.316. The van der Waals surface area contributed by atoms with Crippen molar-refractivity contribution in [2.24, 2.45) is 0 Å². The van der Waals surface area contributed by atoms with Crippen LogP contribution < -0.4 is 0 Å². The quantitative estimate of drug-likeness (QED) is 0.638. The van der Waals surface area contributed by atoms with E-state index in [9.17, 15) is 18.0 Å². The largest absolute Gasteiger partial charge is 0.433 e. The van der Waals surface area contributed by atoms with Gasteiger partial charge in [0, 0.05) is 31.7 Å². The van der Waals surface area contributed by atoms with Gasteiger partial charge < -0.3 is 9.80 Å². The molecule has 0 aromatic carbocycles. The average Bonchev–Trinajstić information content (AvgIpc) is 3.44. The number of piperazine rings is 1. The molecule has 0 saturated carbocycles. The molecule has 1 saturated heterocycles. The van der Waals surface area contributed by atoms with Gasteiger partial charge >= 0.3 is 6.18 Å². The summed E-state index contributed by atoms with van der Waals surface area (Å²) in [7, 11) is 0. The van der Waals surface area contributed by atoms with Crippen LogP contribution in [0.1, 0.15) is 22.6 Å². The van der Waals surface area contributed by atoms with Gasteiger partial charge in [-0.05, 0) is 30.1 Å². The maximum atomic E-state index is 13.7. The molecule has 10 heteroatoms. The Hall–Kier alpha value is -2.88. The molecule has 1 atom stereocenters. The Kier molecular flexibility index (Phi) is 4.12. The Morgan fingerprint density at radius 2 is 2.10 bits per heavy atom. The van der Waals surface area contributed by atoms with Gasteiger partial charge in [0.15, 0.2) is 17.0 Å². The Morgan fingerprint density at radius 1 is 1.24 bits per heavy atom. The highest BCUT2D eigenvalue weighted by Gasteiger charge is 2.36. The number of hydrogen-bond donors (Lipinski definition) is 0. The van der Waals surface area contributed by atoms with Gasteiger partial charge in [0.1, 0.15) is 0 Å². The molecule has 0 bridgehead atoms. The van der Waals surface area contributed by atoms with E-state index in [0.717, 1.165) is 17.0 Å². The Labute approximate surface area is 167 Å². The number of nitrogens with zero attached hydrogens (tertiary/aromatic N) is 5. The summed E-state index contributed by atoms with van der Waals surface area (Å²) in [6, 6.07) is 6.00. The van der Waals surface area contributed by atoms with Crippen molar-refractivity contribution < 1.29 is 18.0 Å². The maximum Gasteiger partial charge on any atom is 0.433 e. The molecule has 0 N–H and O–H groups in total. The molecule has 29 heavy (non-hydrogen) atoms. The van der Waals surface area contributed by atoms with Gasteiger partial charge in [0.05, 0.1) is 10.6 Å². The minimum Gasteiger partial charge on any atom is -0.371 e. The third-order valence-corrected chi connectivity index (χ3v) is 6.12. The zero-order valence-electron chi connectivity index (χ0n) is 15.1. The van der Waals surface area contributed by atoms with Crippen LogP contribution in [0.25, 0.3) is 16.2 Å². The van der Waals surface area contributed by atoms with Gasteiger partial charge in [0.2, 0.25) is 0 Å². The van der Waals surface area contributed by atoms with Crippen molar-refractivity contribution >= 4 is 22.9 Å². The van der Waals surface area contributed by atoms with Crippen molar-refractivity contribution in [1.82, 2.24) is 24.4 Å². The number of amides is 1. The van der Waals surface area contributed by atoms with E-state index >= 15 is 0 Å². The predicted molar refractivity (Wildman–Crippen MR) is 101 cm³/mol. The number of carbonyl (C=O) groups is 1. The molecule has 5 heterocycles. The highest BCUT2D eigenvalue weighted by molar-refractivity contribution is 7.13. The van der Waals surface area contributed by atoms with Crippen LogP contribution >= 0.6 is 11.3 Å². The molecule has 3 aromatic rings. The molecule has 0 spiro atoms. The molecular weight excluding hydrogens is 403 g/mol. The molecule has 5 rings (SSSR count). The van der Waals surface area contributed by atoms with Crippen molar-refractivity contribution in [2.75, 3.05) is 19.6 Å². The van der Waals surface area contributed by atoms with E-state index in [4.69, 9.17) is 0 Å². The van der Waals surface area contributed by atoms with E-state index in [1.165, 1.54) is 17.4 Å². The van der Waals surface area contributed by atoms with Crippen molar-refractivity contribution in [3.05, 3.63) is 53.3 Å². The first-order valence-electron chi connectivity index (χ1n) is 9.14. The van der Waals surface area contributed by atoms with Gasteiger partial charge in [-0.25, -0.2) is 9.50 Å². The lowest BCUT2D eigenvalue weighted by atomic mass is 10.1. The lowest BCUT2D eigenvalue weighted by Crippen LogP contribution is -2.51. The molecule has 1 amide bonds. The van der Waals surface area contributed by atoms with Gasteiger partial charge in [-0.2, -0.15) is 18.3 Å². The standard InChI is InChI=1S/C19H16F3N5OS/c20-19(21,22)16-9-13(15-4-2-8-29-15)23-17-10-14(24-27(16)17)18(28)26-7-6-25-5-1-3-12(25)11-26/h1-2,4-5,8-10,12H,3,6-7,11H2. The van der Waals surface area contributed by atoms with E-state index in [0.29, 0.717) is 24.5 Å². The molecule has 6 nitrogen and oxygen atoms in total. The molecule has 2 aliphatic heterocycles. The summed E-state index contributed by atoms with van der Waals surface area (Å²) in [5, 5.41) is 5.75. The number of carbonyl (C=O) groups excluding carboxylic acids is 1. The lowest BCUT2D eigenvalue weighted by molar-refractivity contribution is -0.142. The topological polar surface area (TPSA) is 53.7 Å². The summed E-state index contributed by atoms with van der Waals surface area (Å²) in [5.41, 5.74) is -0.752. The van der Waals surface area contributed by atoms with Crippen molar-refractivity contribution in [3.8, 4) is 10.6 Å². The normalized spacial score (nSPS) is 19.2. The zero-order chi connectivity index (χ0) is 20.2. The minimum absolute atomic E-state index is 0.00717. The van der Waals surface area contributed by atoms with Crippen LogP contribution in [0.3, 0.4) is 0 Å². The van der Waals surface area contributed by atoms with Crippen molar-refractivity contribution in [1.29, 1.82) is 0 Å². The Morgan fingerprint density at radius 3 is 2.86 bits per heavy atom. The fourth-order valence-electron chi connectivity index (χ4n) is 3.81. The molecule has 2 aliphatic rings. The highest BCUT2D eigenvalue weighted by Crippen LogP contribution is 2.33. The second kappa shape index (κ2) is 6.58. The molecule has 0 aliphatic carbocycles. The van der Waals surface area contributed by atoms with Crippen molar-refractivity contribution in [3.63, 3.8) is 0 Å². The average molecular weight is 419 g/mol. The van der Waals surface area contributed by atoms with E-state index in [1.807, 2.05) is 6.20 Å². The summed E-state index contributed by atoms with van der Waals surface area (Å²) < 4.78 is 41.7. The summed E-state index contributed by atoms with van der Waals surface area (Å²) in [5.74, 6) is -0.368. The van der Waals surface area contributed by atoms with E-state index in [1.54, 1.807) is 22.4 Å². The van der Waals surface area contributed by atoms with Crippen LogP contribution in [0.2, 0.25) is 0 Å². The van der Waals surface area contributed by atoms with Gasteiger partial charge in [-0.15, -0.1) is 11.3 Å². The second-order valence-electron chi connectivity index (χ2n) is 7.06. The molecule has 1 fully saturated rings. The smallest absolute Gasteiger partial charge is 0.371 e. The molecule has 1 unspecified atom stereocenters. The number of thiophene rings is 1. The van der Waals surface area contributed by atoms with Crippen molar-refractivity contribution in [2.45, 2.75) is 18.6 Å². The first-order valence-corrected chi connectivity index (χ1v) is 10.0. The van der Waals surface area contributed by atoms with Crippen LogP contribution in [0.5, 0.6) is 0 Å². The molecule has 3 aromatic heterocycles. The summed E-state index contributed by atoms with van der Waals surface area (Å²) in [6.07, 6.45) is 0.331. The summed E-state index contributed by atoms with van der Waals surface area (Å²) in [6.45, 7) is 1.74. The third kappa shape index (κ3) is 3.17. The first-order chi connectivity index (χ1) is 13.9. The summed E-state index contributed by atoms with van der Waals surface area (Å²) in [4.78, 5) is 21.7. The van der Waals surface area contributed by atoms with E-state index in [-0.39, 0.29) is 29.0 Å². The molecular formula is C19H16F3N5OS. The van der Waals surface area contributed by atoms with Crippen LogP contribution in [-0.4, -0.2) is 56.0 Å². The second-order valence-corrected chi connectivity index (χ2v) is 8.01. The maximum absolute atomic E-state index is 13.7. The van der Waals surface area contributed by atoms with Crippen LogP contribution in [0.15, 0.2) is 41.9 Å². The van der Waals surface area contributed by atoms with Crippen LogP contribution in [0, 0.1) is 0 Å². The minimum atomic E-state index is -4.62. The van der Waals surface area contributed by atoms with Crippen LogP contribution in [-0.2, 0) is 6.18 Å². The number of hydrogen-bond acceptors (Lipinski definition) is 5. The number of rotatable bonds is 2. The monoisotopic (exact) mass is 419 g/mol. The van der Waals surface area contributed by atoms with E-state index < -0.39 is 11.9 Å². The SMILES string of the molecule is O=C(c1cc2nc(-c3cccs3)cc(C(F)(F)F)n2n1)N1CCN2C=CCC2C1. The number of halogens is 3. The van der Waals surface area contributed by atoms with Gasteiger partial charge in [-0.1, -0.05) is 12.1 Å². The zero-order valence-corrected chi connectivity index (χ0v) is 16.0.